The van der Waals surface area contributed by atoms with E-state index in [1.165, 1.54) is 38.5 Å². The number of ether oxygens (including phenoxy) is 1. The van der Waals surface area contributed by atoms with Gasteiger partial charge in [0, 0.05) is 18.6 Å². The molecule has 0 aromatic heterocycles. The van der Waals surface area contributed by atoms with E-state index in [9.17, 15) is 0 Å². The van der Waals surface area contributed by atoms with Crippen molar-refractivity contribution in [1.29, 1.82) is 0 Å². The van der Waals surface area contributed by atoms with Gasteiger partial charge in [-0.25, -0.2) is 0 Å². The van der Waals surface area contributed by atoms with Gasteiger partial charge in [0.2, 0.25) is 0 Å². The van der Waals surface area contributed by atoms with Crippen LogP contribution >= 0.6 is 0 Å². The summed E-state index contributed by atoms with van der Waals surface area (Å²) in [7, 11) is 1.85. The Hall–Kier alpha value is -0.860. The van der Waals surface area contributed by atoms with Crippen molar-refractivity contribution in [3.8, 4) is 0 Å². The summed E-state index contributed by atoms with van der Waals surface area (Å²) in [6, 6.07) is 9.48. The largest absolute Gasteiger partial charge is 0.384 e. The molecule has 2 saturated carbocycles. The van der Waals surface area contributed by atoms with Crippen LogP contribution < -0.4 is 5.73 Å². The minimum Gasteiger partial charge on any atom is -0.384 e. The average Bonchev–Trinajstić information content (AvgIpc) is 2.85. The van der Waals surface area contributed by atoms with Crippen LogP contribution in [0.3, 0.4) is 0 Å². The summed E-state index contributed by atoms with van der Waals surface area (Å²) in [6.45, 7) is 0.865. The Labute approximate surface area is 128 Å². The molecule has 114 valence electrons. The summed E-state index contributed by atoms with van der Waals surface area (Å²) in [5, 5.41) is 0. The number of fused-ring (bicyclic) bond motifs is 5. The van der Waals surface area contributed by atoms with Gasteiger partial charge in [0.25, 0.3) is 0 Å². The first-order chi connectivity index (χ1) is 10.3. The maximum absolute atomic E-state index is 6.55. The Bertz CT molecular complexity index is 528. The van der Waals surface area contributed by atoms with Gasteiger partial charge in [-0.05, 0) is 67.4 Å². The maximum Gasteiger partial charge on any atom is 0.0536 e. The van der Waals surface area contributed by atoms with Crippen molar-refractivity contribution in [3.63, 3.8) is 0 Å². The van der Waals surface area contributed by atoms with E-state index in [0.29, 0.717) is 6.04 Å². The van der Waals surface area contributed by atoms with Crippen molar-refractivity contribution >= 4 is 0 Å². The second-order valence-corrected chi connectivity index (χ2v) is 7.50. The van der Waals surface area contributed by atoms with E-state index in [2.05, 4.69) is 24.3 Å². The van der Waals surface area contributed by atoms with Gasteiger partial charge in [0.1, 0.15) is 0 Å². The monoisotopic (exact) mass is 285 g/mol. The van der Waals surface area contributed by atoms with Crippen LogP contribution in [0.25, 0.3) is 0 Å². The fraction of sp³-hybridized carbons (Fsp3) is 0.684. The molecule has 0 bridgehead atoms. The van der Waals surface area contributed by atoms with Gasteiger partial charge in [-0.1, -0.05) is 24.3 Å². The van der Waals surface area contributed by atoms with Crippen LogP contribution in [0, 0.1) is 17.3 Å². The number of hydrogen-bond acceptors (Lipinski definition) is 2. The normalized spacial score (nSPS) is 41.2. The number of nitrogens with two attached hydrogens (primary N) is 1. The van der Waals surface area contributed by atoms with Crippen LogP contribution in [0.5, 0.6) is 0 Å². The third kappa shape index (κ3) is 1.92. The van der Waals surface area contributed by atoms with Crippen molar-refractivity contribution < 1.29 is 4.74 Å². The van der Waals surface area contributed by atoms with Crippen molar-refractivity contribution in [1.82, 2.24) is 0 Å². The summed E-state index contributed by atoms with van der Waals surface area (Å²) >= 11 is 0. The lowest BCUT2D eigenvalue weighted by Crippen LogP contribution is -2.51. The highest BCUT2D eigenvalue weighted by Gasteiger charge is 2.56. The zero-order valence-electron chi connectivity index (χ0n) is 13.1. The van der Waals surface area contributed by atoms with Crippen LogP contribution in [0.4, 0.5) is 0 Å². The Morgan fingerprint density at radius 3 is 2.90 bits per heavy atom. The summed E-state index contributed by atoms with van der Waals surface area (Å²) in [5.74, 6) is 2.38. The van der Waals surface area contributed by atoms with E-state index in [1.807, 2.05) is 7.11 Å². The highest BCUT2D eigenvalue weighted by molar-refractivity contribution is 5.35. The Balaban J connectivity index is 1.69. The molecule has 2 N–H and O–H groups in total. The standard InChI is InChI=1S/C19H27NO/c1-21-12-19-11-10-15-14-5-3-2-4-13(14)6-7-16(15)17(19)8-9-18(19)20/h2-5,15-18H,6-12,20H2,1H3/t15-,16-,17+,18+,19-/m1/s1. The molecule has 0 amide bonds. The van der Waals surface area contributed by atoms with E-state index >= 15 is 0 Å². The van der Waals surface area contributed by atoms with E-state index in [1.54, 1.807) is 11.1 Å². The predicted octanol–water partition coefficient (Wildman–Crippen LogP) is 3.50. The quantitative estimate of drug-likeness (QED) is 0.902. The molecule has 3 aliphatic carbocycles. The lowest BCUT2D eigenvalue weighted by molar-refractivity contribution is -0.0289. The molecule has 21 heavy (non-hydrogen) atoms. The predicted molar refractivity (Wildman–Crippen MR) is 85.2 cm³/mol. The van der Waals surface area contributed by atoms with E-state index in [-0.39, 0.29) is 5.41 Å². The summed E-state index contributed by atoms with van der Waals surface area (Å²) in [4.78, 5) is 0. The second kappa shape index (κ2) is 5.10. The molecule has 0 heterocycles. The van der Waals surface area contributed by atoms with Gasteiger partial charge in [-0.15, -0.1) is 0 Å². The number of rotatable bonds is 2. The first-order valence-electron chi connectivity index (χ1n) is 8.58. The van der Waals surface area contributed by atoms with Gasteiger partial charge in [-0.3, -0.25) is 0 Å². The van der Waals surface area contributed by atoms with Crippen LogP contribution in [0.1, 0.15) is 49.1 Å². The highest BCUT2D eigenvalue weighted by Crippen LogP contribution is 2.60. The second-order valence-electron chi connectivity index (χ2n) is 7.50. The van der Waals surface area contributed by atoms with Crippen LogP contribution in [-0.4, -0.2) is 19.8 Å². The molecule has 0 unspecified atom stereocenters. The molecule has 0 saturated heterocycles. The highest BCUT2D eigenvalue weighted by atomic mass is 16.5. The zero-order valence-corrected chi connectivity index (χ0v) is 13.1. The van der Waals surface area contributed by atoms with Crippen molar-refractivity contribution in [2.75, 3.05) is 13.7 Å². The fourth-order valence-electron chi connectivity index (χ4n) is 5.93. The van der Waals surface area contributed by atoms with Gasteiger partial charge in [0.15, 0.2) is 0 Å². The Morgan fingerprint density at radius 2 is 2.05 bits per heavy atom. The number of aryl methyl sites for hydroxylation is 1. The topological polar surface area (TPSA) is 35.2 Å². The van der Waals surface area contributed by atoms with E-state index in [0.717, 1.165) is 24.4 Å². The molecule has 1 aromatic carbocycles. The third-order valence-corrected chi connectivity index (χ3v) is 6.83. The minimum atomic E-state index is 0.266. The average molecular weight is 285 g/mol. The first kappa shape index (κ1) is 13.8. The molecule has 2 heteroatoms. The number of hydrogen-bond donors (Lipinski definition) is 1. The van der Waals surface area contributed by atoms with Crippen LogP contribution in [-0.2, 0) is 11.2 Å². The number of benzene rings is 1. The van der Waals surface area contributed by atoms with Gasteiger partial charge < -0.3 is 10.5 Å². The lowest BCUT2D eigenvalue weighted by Gasteiger charge is -2.51. The van der Waals surface area contributed by atoms with Gasteiger partial charge in [-0.2, -0.15) is 0 Å². The summed E-state index contributed by atoms with van der Waals surface area (Å²) in [6.07, 6.45) is 7.67. The Morgan fingerprint density at radius 1 is 1.19 bits per heavy atom. The van der Waals surface area contributed by atoms with Crippen LogP contribution in [0.15, 0.2) is 24.3 Å². The van der Waals surface area contributed by atoms with Crippen molar-refractivity contribution in [2.24, 2.45) is 23.0 Å². The molecule has 3 aliphatic rings. The molecule has 0 spiro atoms. The summed E-state index contributed by atoms with van der Waals surface area (Å²) in [5.41, 5.74) is 10.0. The molecular formula is C19H27NO. The molecular weight excluding hydrogens is 258 g/mol. The molecule has 2 fully saturated rings. The molecule has 5 atom stereocenters. The van der Waals surface area contributed by atoms with Crippen molar-refractivity contribution in [2.45, 2.75) is 50.5 Å². The van der Waals surface area contributed by atoms with E-state index in [4.69, 9.17) is 10.5 Å². The van der Waals surface area contributed by atoms with Gasteiger partial charge in [0.05, 0.1) is 6.61 Å². The third-order valence-electron chi connectivity index (χ3n) is 6.83. The minimum absolute atomic E-state index is 0.266. The maximum atomic E-state index is 6.55. The molecule has 1 aromatic rings. The fourth-order valence-corrected chi connectivity index (χ4v) is 5.93. The van der Waals surface area contributed by atoms with Crippen molar-refractivity contribution in [3.05, 3.63) is 35.4 Å². The molecule has 0 radical (unpaired) electrons. The first-order valence-corrected chi connectivity index (χ1v) is 8.58. The van der Waals surface area contributed by atoms with E-state index < -0.39 is 0 Å². The SMILES string of the molecule is COC[C@]12CC[C@@H]3c4ccccc4CC[C@H]3[C@@H]1CC[C@@H]2N. The Kier molecular flexibility index (Phi) is 3.35. The lowest BCUT2D eigenvalue weighted by atomic mass is 9.54. The molecule has 4 rings (SSSR count). The summed E-state index contributed by atoms with van der Waals surface area (Å²) < 4.78 is 5.63. The molecule has 0 aliphatic heterocycles. The zero-order chi connectivity index (χ0) is 14.4. The van der Waals surface area contributed by atoms with Gasteiger partial charge >= 0.3 is 0 Å². The van der Waals surface area contributed by atoms with Crippen LogP contribution in [0.2, 0.25) is 0 Å². The number of methoxy groups -OCH3 is 1. The molecule has 2 nitrogen and oxygen atoms in total. The smallest absolute Gasteiger partial charge is 0.0536 e.